The Balaban J connectivity index is 2.66. The molecule has 0 radical (unpaired) electrons. The number of carbonyl (C=O) groups excluding carboxylic acids is 3. The lowest BCUT2D eigenvalue weighted by molar-refractivity contribution is -0.301. The van der Waals surface area contributed by atoms with Crippen LogP contribution in [0, 0.1) is 0 Å². The van der Waals surface area contributed by atoms with Crippen LogP contribution in [0.15, 0.2) is 72.9 Å². The predicted octanol–water partition coefficient (Wildman–Crippen LogP) is 18.5. The molecule has 0 saturated carbocycles. The number of aliphatic carboxylic acids is 1. The Morgan fingerprint density at radius 1 is 0.410 bits per heavy atom. The van der Waals surface area contributed by atoms with Crippen molar-refractivity contribution in [1.29, 1.82) is 0 Å². The maximum absolute atomic E-state index is 13.2. The predicted molar refractivity (Wildman–Crippen MR) is 340 cm³/mol. The number of hydrogen-bond acceptors (Lipinski definition) is 11. The number of hydrogen-bond donors (Lipinski definition) is 3. The van der Waals surface area contributed by atoms with Crippen LogP contribution < -0.4 is 0 Å². The minimum atomic E-state index is -1.91. The van der Waals surface area contributed by atoms with E-state index >= 15 is 0 Å². The van der Waals surface area contributed by atoms with E-state index < -0.39 is 67.3 Å². The molecule has 1 rings (SSSR count). The largest absolute Gasteiger partial charge is 0.479 e. The number of carboxylic acids is 1. The molecule has 0 amide bonds. The van der Waals surface area contributed by atoms with Gasteiger partial charge in [-0.2, -0.15) is 0 Å². The van der Waals surface area contributed by atoms with Gasteiger partial charge in [-0.25, -0.2) is 4.79 Å². The first kappa shape index (κ1) is 77.2. The van der Waals surface area contributed by atoms with Crippen LogP contribution in [0.4, 0.5) is 0 Å². The highest BCUT2D eigenvalue weighted by Gasteiger charge is 2.50. The third-order valence-electron chi connectivity index (χ3n) is 15.3. The molecule has 12 heteroatoms. The van der Waals surface area contributed by atoms with Crippen molar-refractivity contribution in [1.82, 2.24) is 0 Å². The van der Waals surface area contributed by atoms with Gasteiger partial charge in [0.25, 0.3) is 0 Å². The highest BCUT2D eigenvalue weighted by molar-refractivity contribution is 5.74. The van der Waals surface area contributed by atoms with Crippen LogP contribution in [0.3, 0.4) is 0 Å². The zero-order valence-electron chi connectivity index (χ0n) is 52.9. The Morgan fingerprint density at radius 3 is 1.18 bits per heavy atom. The van der Waals surface area contributed by atoms with Gasteiger partial charge in [-0.15, -0.1) is 0 Å². The van der Waals surface area contributed by atoms with Gasteiger partial charge in [0.1, 0.15) is 18.8 Å². The van der Waals surface area contributed by atoms with Gasteiger partial charge in [0, 0.05) is 19.3 Å². The van der Waals surface area contributed by atoms with E-state index in [1.54, 1.807) is 0 Å². The van der Waals surface area contributed by atoms with E-state index in [4.69, 9.17) is 23.7 Å². The van der Waals surface area contributed by atoms with Gasteiger partial charge in [0.05, 0.1) is 6.61 Å². The fourth-order valence-electron chi connectivity index (χ4n) is 10.1. The molecule has 1 aliphatic rings. The molecule has 0 bridgehead atoms. The lowest BCUT2D eigenvalue weighted by atomic mass is 9.98. The van der Waals surface area contributed by atoms with E-state index in [1.165, 1.54) is 128 Å². The van der Waals surface area contributed by atoms with E-state index in [0.29, 0.717) is 19.3 Å². The summed E-state index contributed by atoms with van der Waals surface area (Å²) in [6.07, 6.45) is 62.9. The highest BCUT2D eigenvalue weighted by atomic mass is 16.7. The van der Waals surface area contributed by atoms with Crippen molar-refractivity contribution < 1.29 is 58.2 Å². The molecule has 1 fully saturated rings. The average molecular weight is 1170 g/mol. The van der Waals surface area contributed by atoms with Crippen LogP contribution in [0.1, 0.15) is 303 Å². The molecule has 478 valence electrons. The quantitative estimate of drug-likeness (QED) is 0.0228. The molecule has 0 aromatic rings. The molecule has 6 atom stereocenters. The van der Waals surface area contributed by atoms with Crippen LogP contribution in [-0.4, -0.2) is 89.2 Å². The lowest BCUT2D eigenvalue weighted by Gasteiger charge is -2.40. The summed E-state index contributed by atoms with van der Waals surface area (Å²) in [4.78, 5) is 51.4. The maximum Gasteiger partial charge on any atom is 0.335 e. The topological polar surface area (TPSA) is 175 Å². The van der Waals surface area contributed by atoms with Gasteiger partial charge in [0.2, 0.25) is 0 Å². The molecule has 0 aromatic heterocycles. The number of rotatable bonds is 58. The van der Waals surface area contributed by atoms with Crippen molar-refractivity contribution in [2.45, 2.75) is 340 Å². The number of aliphatic hydroxyl groups excluding tert-OH is 2. The molecule has 12 nitrogen and oxygen atoms in total. The molecule has 6 unspecified atom stereocenters. The van der Waals surface area contributed by atoms with Crippen molar-refractivity contribution in [2.24, 2.45) is 0 Å². The number of carbonyl (C=O) groups is 4. The van der Waals surface area contributed by atoms with Crippen molar-refractivity contribution in [2.75, 3.05) is 13.2 Å². The van der Waals surface area contributed by atoms with Gasteiger partial charge in [-0.1, -0.05) is 267 Å². The number of unbranched alkanes of at least 4 members (excludes halogenated alkanes) is 32. The molecule has 83 heavy (non-hydrogen) atoms. The molecule has 1 heterocycles. The standard InChI is InChI=1S/C71H122O12/c1-4-7-10-13-16-19-22-25-28-30-32-34-37-39-42-45-48-51-54-57-63(72)79-60-62(81-64(73)58-55-52-49-46-43-40-36-27-24-21-18-15-12-9-6-3)61-80-71-69(67(76)66(75)68(83-71)70(77)78)82-65(74)59-56-53-50-47-44-41-38-35-33-31-29-26-23-20-17-14-11-8-5-2/h7,10,16,19,25,27-28,32,34,36,39,42,62,66-69,71,75-76H,4-6,8-9,11-15,17-18,20-24,26,29-31,33,35,37-38,40-41,43-61H2,1-3H3,(H,77,78)/b10-7-,19-16-,28-25-,34-32-,36-27-,42-39-. The van der Waals surface area contributed by atoms with E-state index in [-0.39, 0.29) is 25.9 Å². The zero-order chi connectivity index (χ0) is 60.3. The number of ether oxygens (including phenoxy) is 5. The Kier molecular flexibility index (Phi) is 54.4. The number of esters is 3. The Bertz CT molecular complexity index is 1720. The number of carboxylic acid groups (broad SMARTS) is 1. The van der Waals surface area contributed by atoms with Gasteiger partial charge < -0.3 is 39.0 Å². The first-order valence-electron chi connectivity index (χ1n) is 33.9. The van der Waals surface area contributed by atoms with E-state index in [0.717, 1.165) is 116 Å². The van der Waals surface area contributed by atoms with Crippen molar-refractivity contribution >= 4 is 23.9 Å². The number of aliphatic hydroxyl groups is 2. The average Bonchev–Trinajstić information content (AvgIpc) is 3.57. The summed E-state index contributed by atoms with van der Waals surface area (Å²) < 4.78 is 28.5. The summed E-state index contributed by atoms with van der Waals surface area (Å²) in [5, 5.41) is 31.6. The summed E-state index contributed by atoms with van der Waals surface area (Å²) in [6, 6.07) is 0. The molecule has 0 aliphatic carbocycles. The summed E-state index contributed by atoms with van der Waals surface area (Å²) in [5.74, 6) is -3.15. The molecule has 1 saturated heterocycles. The Labute approximate surface area is 506 Å². The molecule has 3 N–H and O–H groups in total. The SMILES string of the molecule is CC/C=C\C/C=C\C/C=C\C/C=C\C/C=C\CCCCCC(=O)OCC(COC1OC(C(=O)O)C(O)C(O)C1OC(=O)CCCCCCCCCCCCCCCCCCCCC)OC(=O)CCCCCCC/C=C\CCCCCCCC. The minimum absolute atomic E-state index is 0.0587. The van der Waals surface area contributed by atoms with E-state index in [2.05, 4.69) is 93.7 Å². The van der Waals surface area contributed by atoms with Gasteiger partial charge in [-0.05, 0) is 89.9 Å². The Morgan fingerprint density at radius 2 is 0.759 bits per heavy atom. The molecule has 0 aromatic carbocycles. The van der Waals surface area contributed by atoms with Crippen molar-refractivity contribution in [3.63, 3.8) is 0 Å². The first-order chi connectivity index (χ1) is 40.6. The van der Waals surface area contributed by atoms with Crippen LogP contribution in [0.5, 0.6) is 0 Å². The second-order valence-corrected chi connectivity index (χ2v) is 23.1. The first-order valence-corrected chi connectivity index (χ1v) is 33.9. The minimum Gasteiger partial charge on any atom is -0.479 e. The second kappa shape index (κ2) is 58.5. The van der Waals surface area contributed by atoms with Crippen LogP contribution in [0.2, 0.25) is 0 Å². The Hall–Kier alpha value is -3.84. The summed E-state index contributed by atoms with van der Waals surface area (Å²) >= 11 is 0. The summed E-state index contributed by atoms with van der Waals surface area (Å²) in [6.45, 7) is 5.89. The van der Waals surface area contributed by atoms with E-state index in [9.17, 15) is 34.5 Å². The van der Waals surface area contributed by atoms with Crippen molar-refractivity contribution in [3.8, 4) is 0 Å². The van der Waals surface area contributed by atoms with E-state index in [1.807, 2.05) is 0 Å². The summed E-state index contributed by atoms with van der Waals surface area (Å²) in [7, 11) is 0. The number of allylic oxidation sites excluding steroid dienone is 12. The van der Waals surface area contributed by atoms with Crippen LogP contribution >= 0.6 is 0 Å². The third kappa shape index (κ3) is 48.0. The molecule has 1 aliphatic heterocycles. The third-order valence-corrected chi connectivity index (χ3v) is 15.3. The zero-order valence-corrected chi connectivity index (χ0v) is 52.9. The van der Waals surface area contributed by atoms with Crippen LogP contribution in [-0.2, 0) is 42.9 Å². The maximum atomic E-state index is 13.2. The molecular formula is C71H122O12. The highest BCUT2D eigenvalue weighted by Crippen LogP contribution is 2.27. The summed E-state index contributed by atoms with van der Waals surface area (Å²) in [5.41, 5.74) is 0. The van der Waals surface area contributed by atoms with Gasteiger partial charge in [-0.3, -0.25) is 14.4 Å². The molecular weight excluding hydrogens is 1040 g/mol. The van der Waals surface area contributed by atoms with Crippen molar-refractivity contribution in [3.05, 3.63) is 72.9 Å². The van der Waals surface area contributed by atoms with Crippen LogP contribution in [0.25, 0.3) is 0 Å². The fourth-order valence-corrected chi connectivity index (χ4v) is 10.1. The monoisotopic (exact) mass is 1170 g/mol. The fraction of sp³-hybridized carbons (Fsp3) is 0.775. The normalized spacial score (nSPS) is 18.0. The smallest absolute Gasteiger partial charge is 0.335 e. The second-order valence-electron chi connectivity index (χ2n) is 23.1. The van der Waals surface area contributed by atoms with Gasteiger partial charge in [0.15, 0.2) is 24.6 Å². The van der Waals surface area contributed by atoms with Gasteiger partial charge >= 0.3 is 23.9 Å². The lowest BCUT2D eigenvalue weighted by Crippen LogP contribution is -2.61. The molecule has 0 spiro atoms.